The highest BCUT2D eigenvalue weighted by Crippen LogP contribution is 2.26. The number of thioether (sulfide) groups is 1. The van der Waals surface area contributed by atoms with Gasteiger partial charge in [-0.3, -0.25) is 4.79 Å². The van der Waals surface area contributed by atoms with E-state index in [0.29, 0.717) is 21.6 Å². The average molecular weight is 544 g/mol. The van der Waals surface area contributed by atoms with Crippen LogP contribution in [-0.2, 0) is 5.75 Å². The van der Waals surface area contributed by atoms with Crippen LogP contribution in [0.2, 0.25) is 5.15 Å². The predicted octanol–water partition coefficient (Wildman–Crippen LogP) is 5.69. The fourth-order valence-corrected chi connectivity index (χ4v) is 5.45. The summed E-state index contributed by atoms with van der Waals surface area (Å²) >= 11 is 7.86. The van der Waals surface area contributed by atoms with Gasteiger partial charge in [0.25, 0.3) is 5.91 Å². The van der Waals surface area contributed by atoms with E-state index in [2.05, 4.69) is 27.1 Å². The first-order valence-electron chi connectivity index (χ1n) is 12.7. The molecular weight excluding hydrogens is 514 g/mol. The first kappa shape index (κ1) is 26.2. The van der Waals surface area contributed by atoms with Gasteiger partial charge in [-0.05, 0) is 35.9 Å². The Labute approximate surface area is 233 Å². The summed E-state index contributed by atoms with van der Waals surface area (Å²) in [6.07, 6.45) is 0. The third kappa shape index (κ3) is 6.72. The van der Waals surface area contributed by atoms with Gasteiger partial charge in [-0.25, -0.2) is 9.97 Å². The quantitative estimate of drug-likeness (QED) is 0.175. The summed E-state index contributed by atoms with van der Waals surface area (Å²) in [6.45, 7) is 3.85. The molecule has 0 bridgehead atoms. The number of aromatic nitrogens is 2. The van der Waals surface area contributed by atoms with Crippen LogP contribution in [0.1, 0.15) is 33.1 Å². The maximum absolute atomic E-state index is 13.2. The molecule has 2 heterocycles. The van der Waals surface area contributed by atoms with Crippen molar-refractivity contribution >= 4 is 35.1 Å². The molecule has 1 aliphatic heterocycles. The molecule has 38 heavy (non-hydrogen) atoms. The molecule has 0 saturated carbocycles. The molecule has 1 aliphatic rings. The Bertz CT molecular complexity index is 1310. The standard InChI is InChI=1S/C30H30ClN5OS/c1-35-16-18-36(19-17-35)27-20-26(31)32-30(33-27)38-21-22-12-14-25(15-13-22)29(37)34-28(23-8-4-2-5-9-23)24-10-6-3-7-11-24/h2-15,20,28H,16-19,21H2,1H3,(H,34,37). The average Bonchev–Trinajstić information content (AvgIpc) is 2.96. The molecule has 1 N–H and O–H groups in total. The summed E-state index contributed by atoms with van der Waals surface area (Å²) < 4.78 is 0. The number of hydrogen-bond acceptors (Lipinski definition) is 6. The highest BCUT2D eigenvalue weighted by molar-refractivity contribution is 7.98. The summed E-state index contributed by atoms with van der Waals surface area (Å²) in [5.41, 5.74) is 3.78. The highest BCUT2D eigenvalue weighted by Gasteiger charge is 2.19. The van der Waals surface area contributed by atoms with Crippen molar-refractivity contribution in [1.82, 2.24) is 20.2 Å². The van der Waals surface area contributed by atoms with Crippen molar-refractivity contribution in [2.45, 2.75) is 17.0 Å². The largest absolute Gasteiger partial charge is 0.354 e. The minimum atomic E-state index is -0.227. The van der Waals surface area contributed by atoms with Gasteiger partial charge in [0.15, 0.2) is 5.16 Å². The van der Waals surface area contributed by atoms with Gasteiger partial charge in [0.2, 0.25) is 0 Å². The number of rotatable bonds is 8. The second-order valence-electron chi connectivity index (χ2n) is 9.34. The van der Waals surface area contributed by atoms with Crippen LogP contribution in [0.25, 0.3) is 0 Å². The lowest BCUT2D eigenvalue weighted by atomic mass is 9.98. The number of nitrogens with zero attached hydrogens (tertiary/aromatic N) is 4. The van der Waals surface area contributed by atoms with Crippen molar-refractivity contribution in [3.63, 3.8) is 0 Å². The summed E-state index contributed by atoms with van der Waals surface area (Å²) in [6, 6.07) is 29.3. The minimum absolute atomic E-state index is 0.114. The smallest absolute Gasteiger partial charge is 0.252 e. The van der Waals surface area contributed by atoms with Crippen LogP contribution < -0.4 is 10.2 Å². The maximum atomic E-state index is 13.2. The van der Waals surface area contributed by atoms with E-state index in [-0.39, 0.29) is 11.9 Å². The minimum Gasteiger partial charge on any atom is -0.354 e. The zero-order valence-electron chi connectivity index (χ0n) is 21.3. The lowest BCUT2D eigenvalue weighted by Gasteiger charge is -2.33. The normalized spacial score (nSPS) is 14.0. The van der Waals surface area contributed by atoms with Crippen molar-refractivity contribution in [1.29, 1.82) is 0 Å². The molecule has 0 unspecified atom stereocenters. The number of likely N-dealkylation sites (N-methyl/N-ethyl adjacent to an activating group) is 1. The van der Waals surface area contributed by atoms with Crippen LogP contribution in [0.4, 0.5) is 5.82 Å². The van der Waals surface area contributed by atoms with Crippen LogP contribution in [0.3, 0.4) is 0 Å². The molecule has 0 atom stereocenters. The molecule has 5 rings (SSSR count). The molecule has 194 valence electrons. The monoisotopic (exact) mass is 543 g/mol. The Balaban J connectivity index is 1.23. The van der Waals surface area contributed by atoms with E-state index < -0.39 is 0 Å². The Morgan fingerprint density at radius 3 is 2.11 bits per heavy atom. The number of carbonyl (C=O) groups excluding carboxylic acids is 1. The SMILES string of the molecule is CN1CCN(c2cc(Cl)nc(SCc3ccc(C(=O)NC(c4ccccc4)c4ccccc4)cc3)n2)CC1. The summed E-state index contributed by atoms with van der Waals surface area (Å²) in [5, 5.41) is 4.31. The van der Waals surface area contributed by atoms with Crippen LogP contribution in [0.15, 0.2) is 96.2 Å². The van der Waals surface area contributed by atoms with Gasteiger partial charge in [-0.2, -0.15) is 0 Å². The number of amides is 1. The summed E-state index contributed by atoms with van der Waals surface area (Å²) in [4.78, 5) is 26.9. The van der Waals surface area contributed by atoms with Crippen LogP contribution in [0.5, 0.6) is 0 Å². The first-order chi connectivity index (χ1) is 18.5. The van der Waals surface area contributed by atoms with Crippen molar-refractivity contribution in [2.24, 2.45) is 0 Å². The molecule has 1 amide bonds. The fourth-order valence-electron chi connectivity index (χ4n) is 4.41. The lowest BCUT2D eigenvalue weighted by Crippen LogP contribution is -2.44. The Kier molecular flexibility index (Phi) is 8.58. The molecule has 0 spiro atoms. The molecule has 0 aliphatic carbocycles. The van der Waals surface area contributed by atoms with E-state index in [1.165, 1.54) is 0 Å². The number of nitrogens with one attached hydrogen (secondary N) is 1. The van der Waals surface area contributed by atoms with Gasteiger partial charge in [-0.15, -0.1) is 0 Å². The van der Waals surface area contributed by atoms with E-state index in [4.69, 9.17) is 16.6 Å². The van der Waals surface area contributed by atoms with Crippen molar-refractivity contribution < 1.29 is 4.79 Å². The first-order valence-corrected chi connectivity index (χ1v) is 14.0. The molecular formula is C30H30ClN5OS. The molecule has 4 aromatic rings. The van der Waals surface area contributed by atoms with Crippen LogP contribution in [-0.4, -0.2) is 54.0 Å². The third-order valence-electron chi connectivity index (χ3n) is 6.61. The van der Waals surface area contributed by atoms with E-state index in [0.717, 1.165) is 48.7 Å². The maximum Gasteiger partial charge on any atom is 0.252 e. The molecule has 8 heteroatoms. The Hall–Kier alpha value is -3.39. The zero-order valence-corrected chi connectivity index (χ0v) is 22.8. The molecule has 1 fully saturated rings. The number of benzene rings is 3. The molecule has 3 aromatic carbocycles. The molecule has 0 radical (unpaired) electrons. The zero-order chi connectivity index (χ0) is 26.3. The fraction of sp³-hybridized carbons (Fsp3) is 0.233. The van der Waals surface area contributed by atoms with Crippen molar-refractivity contribution in [3.05, 3.63) is 118 Å². The predicted molar refractivity (Wildman–Crippen MR) is 155 cm³/mol. The number of piperazine rings is 1. The van der Waals surface area contributed by atoms with Crippen LogP contribution >= 0.6 is 23.4 Å². The van der Waals surface area contributed by atoms with Gasteiger partial charge in [-0.1, -0.05) is 96.2 Å². The third-order valence-corrected chi connectivity index (χ3v) is 7.73. The topological polar surface area (TPSA) is 61.4 Å². The molecule has 1 saturated heterocycles. The number of hydrogen-bond donors (Lipinski definition) is 1. The number of halogens is 1. The van der Waals surface area contributed by atoms with Crippen molar-refractivity contribution in [3.8, 4) is 0 Å². The number of carbonyl (C=O) groups is 1. The molecule has 1 aromatic heterocycles. The van der Waals surface area contributed by atoms with Gasteiger partial charge < -0.3 is 15.1 Å². The Morgan fingerprint density at radius 1 is 0.895 bits per heavy atom. The van der Waals surface area contributed by atoms with Gasteiger partial charge in [0.1, 0.15) is 11.0 Å². The highest BCUT2D eigenvalue weighted by atomic mass is 35.5. The van der Waals surface area contributed by atoms with Gasteiger partial charge in [0.05, 0.1) is 6.04 Å². The van der Waals surface area contributed by atoms with Crippen molar-refractivity contribution in [2.75, 3.05) is 38.1 Å². The second kappa shape index (κ2) is 12.4. The summed E-state index contributed by atoms with van der Waals surface area (Å²) in [5.74, 6) is 1.44. The van der Waals surface area contributed by atoms with E-state index in [9.17, 15) is 4.79 Å². The van der Waals surface area contributed by atoms with E-state index in [1.807, 2.05) is 91.0 Å². The second-order valence-corrected chi connectivity index (χ2v) is 10.7. The Morgan fingerprint density at radius 2 is 1.50 bits per heavy atom. The number of anilines is 1. The van der Waals surface area contributed by atoms with Gasteiger partial charge in [0, 0.05) is 43.6 Å². The lowest BCUT2D eigenvalue weighted by molar-refractivity contribution is 0.0943. The van der Waals surface area contributed by atoms with Crippen LogP contribution in [0, 0.1) is 0 Å². The summed E-state index contributed by atoms with van der Waals surface area (Å²) in [7, 11) is 2.13. The molecule has 6 nitrogen and oxygen atoms in total. The van der Waals surface area contributed by atoms with E-state index in [1.54, 1.807) is 11.8 Å². The van der Waals surface area contributed by atoms with Gasteiger partial charge >= 0.3 is 0 Å². The van der Waals surface area contributed by atoms with E-state index >= 15 is 0 Å².